The van der Waals surface area contributed by atoms with Crippen molar-refractivity contribution in [1.82, 2.24) is 0 Å². The van der Waals surface area contributed by atoms with Crippen LogP contribution in [0.3, 0.4) is 0 Å². The average molecular weight is 236 g/mol. The normalized spacial score (nSPS) is 23.4. The Hall–Kier alpha value is -0.790. The summed E-state index contributed by atoms with van der Waals surface area (Å²) in [5, 5.41) is 0. The molecule has 0 aromatic heterocycles. The van der Waals surface area contributed by atoms with Gasteiger partial charge in [-0.2, -0.15) is 0 Å². The molecule has 1 aliphatic heterocycles. The first-order valence-electron chi connectivity index (χ1n) is 6.99. The largest absolute Gasteiger partial charge is 0.501 e. The summed E-state index contributed by atoms with van der Waals surface area (Å²) >= 11 is 0. The molecule has 0 atom stereocenters. The molecule has 2 heteroatoms. The minimum absolute atomic E-state index is 0.0549. The Morgan fingerprint density at radius 1 is 1.35 bits per heavy atom. The molecule has 0 saturated heterocycles. The van der Waals surface area contributed by atoms with Crippen molar-refractivity contribution in [2.24, 2.45) is 11.3 Å². The number of hydrogen-bond acceptors (Lipinski definition) is 2. The lowest BCUT2D eigenvalue weighted by atomic mass is 9.72. The van der Waals surface area contributed by atoms with Crippen LogP contribution in [0.25, 0.3) is 0 Å². The monoisotopic (exact) mass is 236 g/mol. The van der Waals surface area contributed by atoms with Gasteiger partial charge >= 0.3 is 0 Å². The molecular weight excluding hydrogens is 212 g/mol. The zero-order valence-electron chi connectivity index (χ0n) is 11.1. The minimum Gasteiger partial charge on any atom is -0.501 e. The molecule has 96 valence electrons. The van der Waals surface area contributed by atoms with Crippen molar-refractivity contribution in [3.05, 3.63) is 11.8 Å². The SMILES string of the molecule is CC(C)CC1(C(=O)C2=COCCC2)CCCC1. The molecule has 1 aliphatic carbocycles. The van der Waals surface area contributed by atoms with Crippen molar-refractivity contribution in [2.75, 3.05) is 6.61 Å². The average Bonchev–Trinajstić information content (AvgIpc) is 2.78. The van der Waals surface area contributed by atoms with Crippen LogP contribution in [0, 0.1) is 11.3 Å². The minimum atomic E-state index is -0.0549. The predicted octanol–water partition coefficient (Wildman–Crippen LogP) is 3.86. The van der Waals surface area contributed by atoms with Gasteiger partial charge in [0.1, 0.15) is 0 Å². The van der Waals surface area contributed by atoms with Crippen molar-refractivity contribution >= 4 is 5.78 Å². The Labute approximate surface area is 104 Å². The molecule has 0 N–H and O–H groups in total. The van der Waals surface area contributed by atoms with Gasteiger partial charge in [-0.1, -0.05) is 26.7 Å². The molecule has 2 aliphatic rings. The maximum absolute atomic E-state index is 12.7. The van der Waals surface area contributed by atoms with Gasteiger partial charge in [-0.05, 0) is 38.0 Å². The van der Waals surface area contributed by atoms with Gasteiger partial charge in [0, 0.05) is 11.0 Å². The number of ether oxygens (including phenoxy) is 1. The first-order valence-corrected chi connectivity index (χ1v) is 6.99. The Morgan fingerprint density at radius 3 is 2.59 bits per heavy atom. The first-order chi connectivity index (χ1) is 8.14. The van der Waals surface area contributed by atoms with E-state index in [9.17, 15) is 4.79 Å². The van der Waals surface area contributed by atoms with E-state index in [1.54, 1.807) is 6.26 Å². The van der Waals surface area contributed by atoms with Crippen molar-refractivity contribution < 1.29 is 9.53 Å². The number of carbonyl (C=O) groups is 1. The number of rotatable bonds is 4. The fraction of sp³-hybridized carbons (Fsp3) is 0.800. The molecule has 1 fully saturated rings. The fourth-order valence-corrected chi connectivity index (χ4v) is 3.43. The van der Waals surface area contributed by atoms with E-state index in [-0.39, 0.29) is 5.41 Å². The van der Waals surface area contributed by atoms with Gasteiger partial charge in [-0.15, -0.1) is 0 Å². The summed E-state index contributed by atoms with van der Waals surface area (Å²) in [6.07, 6.45) is 9.28. The van der Waals surface area contributed by atoms with Crippen LogP contribution >= 0.6 is 0 Å². The lowest BCUT2D eigenvalue weighted by Crippen LogP contribution is -2.32. The van der Waals surface area contributed by atoms with Gasteiger partial charge in [-0.25, -0.2) is 0 Å². The van der Waals surface area contributed by atoms with E-state index in [1.165, 1.54) is 12.8 Å². The van der Waals surface area contributed by atoms with Crippen LogP contribution < -0.4 is 0 Å². The number of ketones is 1. The zero-order valence-corrected chi connectivity index (χ0v) is 11.1. The van der Waals surface area contributed by atoms with E-state index < -0.39 is 0 Å². The molecule has 0 amide bonds. The fourth-order valence-electron chi connectivity index (χ4n) is 3.43. The van der Waals surface area contributed by atoms with E-state index in [4.69, 9.17) is 4.74 Å². The lowest BCUT2D eigenvalue weighted by molar-refractivity contribution is -0.126. The van der Waals surface area contributed by atoms with Gasteiger partial charge in [0.05, 0.1) is 12.9 Å². The zero-order chi connectivity index (χ0) is 12.3. The third-order valence-corrected chi connectivity index (χ3v) is 4.07. The maximum atomic E-state index is 12.7. The Bertz CT molecular complexity index is 309. The Balaban J connectivity index is 2.15. The second kappa shape index (κ2) is 5.24. The summed E-state index contributed by atoms with van der Waals surface area (Å²) in [5.74, 6) is 0.991. The molecule has 0 spiro atoms. The van der Waals surface area contributed by atoms with E-state index >= 15 is 0 Å². The topological polar surface area (TPSA) is 26.3 Å². The molecule has 17 heavy (non-hydrogen) atoms. The summed E-state index contributed by atoms with van der Waals surface area (Å²) in [6, 6.07) is 0. The van der Waals surface area contributed by atoms with Crippen molar-refractivity contribution in [2.45, 2.75) is 58.8 Å². The summed E-state index contributed by atoms with van der Waals surface area (Å²) < 4.78 is 5.33. The van der Waals surface area contributed by atoms with Crippen LogP contribution in [0.5, 0.6) is 0 Å². The number of allylic oxidation sites excluding steroid dienone is 1. The molecule has 0 unspecified atom stereocenters. The van der Waals surface area contributed by atoms with E-state index in [1.807, 2.05) is 0 Å². The number of hydrogen-bond donors (Lipinski definition) is 0. The molecule has 0 radical (unpaired) electrons. The van der Waals surface area contributed by atoms with Crippen LogP contribution in [0.1, 0.15) is 58.8 Å². The van der Waals surface area contributed by atoms with Crippen LogP contribution in [0.15, 0.2) is 11.8 Å². The van der Waals surface area contributed by atoms with Crippen molar-refractivity contribution in [1.29, 1.82) is 0 Å². The molecular formula is C15H24O2. The molecule has 2 nitrogen and oxygen atoms in total. The van der Waals surface area contributed by atoms with Crippen molar-refractivity contribution in [3.63, 3.8) is 0 Å². The molecule has 0 bridgehead atoms. The molecule has 2 rings (SSSR count). The van der Waals surface area contributed by atoms with Crippen LogP contribution in [0.2, 0.25) is 0 Å². The quantitative estimate of drug-likeness (QED) is 0.741. The third kappa shape index (κ3) is 2.72. The highest BCUT2D eigenvalue weighted by Gasteiger charge is 2.42. The third-order valence-electron chi connectivity index (χ3n) is 4.07. The highest BCUT2D eigenvalue weighted by Crippen LogP contribution is 2.46. The Morgan fingerprint density at radius 2 is 2.06 bits per heavy atom. The summed E-state index contributed by atoms with van der Waals surface area (Å²) in [7, 11) is 0. The standard InChI is InChI=1S/C15H24O2/c1-12(2)10-15(7-3-4-8-15)14(16)13-6-5-9-17-11-13/h11-12H,3-10H2,1-2H3. The van der Waals surface area contributed by atoms with Gasteiger partial charge < -0.3 is 4.74 Å². The predicted molar refractivity (Wildman–Crippen MR) is 68.6 cm³/mol. The highest BCUT2D eigenvalue weighted by atomic mass is 16.5. The molecule has 1 saturated carbocycles. The maximum Gasteiger partial charge on any atom is 0.168 e. The summed E-state index contributed by atoms with van der Waals surface area (Å²) in [6.45, 7) is 5.21. The van der Waals surface area contributed by atoms with E-state index in [0.29, 0.717) is 11.7 Å². The highest BCUT2D eigenvalue weighted by molar-refractivity contribution is 6.00. The summed E-state index contributed by atoms with van der Waals surface area (Å²) in [5.41, 5.74) is 0.888. The van der Waals surface area contributed by atoms with Crippen LogP contribution in [0.4, 0.5) is 0 Å². The van der Waals surface area contributed by atoms with Crippen LogP contribution in [-0.2, 0) is 9.53 Å². The lowest BCUT2D eigenvalue weighted by Gasteiger charge is -2.31. The van der Waals surface area contributed by atoms with Crippen LogP contribution in [-0.4, -0.2) is 12.4 Å². The smallest absolute Gasteiger partial charge is 0.168 e. The van der Waals surface area contributed by atoms with Gasteiger partial charge in [0.15, 0.2) is 5.78 Å². The second-order valence-corrected chi connectivity index (χ2v) is 6.03. The molecule has 0 aromatic rings. The van der Waals surface area contributed by atoms with Crippen molar-refractivity contribution in [3.8, 4) is 0 Å². The second-order valence-electron chi connectivity index (χ2n) is 6.03. The van der Waals surface area contributed by atoms with E-state index in [2.05, 4.69) is 13.8 Å². The molecule has 1 heterocycles. The first kappa shape index (κ1) is 12.7. The Kier molecular flexibility index (Phi) is 3.90. The van der Waals surface area contributed by atoms with Gasteiger partial charge in [0.2, 0.25) is 0 Å². The van der Waals surface area contributed by atoms with Gasteiger partial charge in [0.25, 0.3) is 0 Å². The van der Waals surface area contributed by atoms with E-state index in [0.717, 1.165) is 44.3 Å². The number of Topliss-reactive ketones (excluding diaryl/α,β-unsaturated/α-hetero) is 1. The molecule has 0 aromatic carbocycles. The number of carbonyl (C=O) groups excluding carboxylic acids is 1. The summed E-state index contributed by atoms with van der Waals surface area (Å²) in [4.78, 5) is 12.7. The van der Waals surface area contributed by atoms with Gasteiger partial charge in [-0.3, -0.25) is 4.79 Å².